The Morgan fingerprint density at radius 2 is 1.94 bits per heavy atom. The highest BCUT2D eigenvalue weighted by atomic mass is 32.2. The van der Waals surface area contributed by atoms with Gasteiger partial charge in [0.15, 0.2) is 9.84 Å². The van der Waals surface area contributed by atoms with Crippen molar-refractivity contribution in [3.05, 3.63) is 0 Å². The Kier molecular flexibility index (Phi) is 5.79. The molecular formula is C12H24N2O2S2. The van der Waals surface area contributed by atoms with Crippen LogP contribution in [0.4, 0.5) is 0 Å². The average Bonchev–Trinajstić information content (AvgIpc) is 2.52. The molecule has 6 heteroatoms. The van der Waals surface area contributed by atoms with Gasteiger partial charge in [0, 0.05) is 24.1 Å². The first-order valence-corrected chi connectivity index (χ1v) is 9.78. The SMILES string of the molecule is O=S1(=O)CCCN(CCSC2CCNCC2)CC1. The summed E-state index contributed by atoms with van der Waals surface area (Å²) in [6.45, 7) is 5.03. The van der Waals surface area contributed by atoms with E-state index >= 15 is 0 Å². The maximum atomic E-state index is 11.5. The van der Waals surface area contributed by atoms with E-state index in [1.165, 1.54) is 12.8 Å². The molecule has 0 radical (unpaired) electrons. The van der Waals surface area contributed by atoms with E-state index in [0.29, 0.717) is 11.5 Å². The molecule has 2 saturated heterocycles. The van der Waals surface area contributed by atoms with Gasteiger partial charge in [-0.05, 0) is 38.9 Å². The van der Waals surface area contributed by atoms with Gasteiger partial charge in [-0.1, -0.05) is 0 Å². The van der Waals surface area contributed by atoms with Gasteiger partial charge in [-0.15, -0.1) is 0 Å². The standard InChI is InChI=1S/C12H24N2O2S2/c15-18(16)10-1-6-14(8-11-18)7-9-17-12-2-4-13-5-3-12/h12-13H,1-11H2. The average molecular weight is 292 g/mol. The Labute approximate surface area is 115 Å². The van der Waals surface area contributed by atoms with Gasteiger partial charge in [-0.25, -0.2) is 8.42 Å². The molecule has 2 aliphatic heterocycles. The minimum Gasteiger partial charge on any atom is -0.317 e. The third kappa shape index (κ3) is 5.07. The Hall–Kier alpha value is 0.220. The number of sulfone groups is 1. The maximum Gasteiger partial charge on any atom is 0.151 e. The monoisotopic (exact) mass is 292 g/mol. The number of nitrogens with one attached hydrogen (secondary N) is 1. The maximum absolute atomic E-state index is 11.5. The number of hydrogen-bond acceptors (Lipinski definition) is 5. The molecule has 0 saturated carbocycles. The first-order valence-electron chi connectivity index (χ1n) is 6.91. The van der Waals surface area contributed by atoms with Crippen LogP contribution in [0.5, 0.6) is 0 Å². The Balaban J connectivity index is 1.64. The van der Waals surface area contributed by atoms with E-state index in [1.54, 1.807) is 0 Å². The fourth-order valence-electron chi connectivity index (χ4n) is 2.52. The summed E-state index contributed by atoms with van der Waals surface area (Å²) in [6, 6.07) is 0. The normalized spacial score (nSPS) is 26.9. The summed E-state index contributed by atoms with van der Waals surface area (Å²) in [5.41, 5.74) is 0. The molecule has 0 aliphatic carbocycles. The van der Waals surface area contributed by atoms with Crippen LogP contribution in [0.15, 0.2) is 0 Å². The van der Waals surface area contributed by atoms with E-state index in [2.05, 4.69) is 22.0 Å². The molecule has 2 aliphatic rings. The topological polar surface area (TPSA) is 49.4 Å². The van der Waals surface area contributed by atoms with Crippen molar-refractivity contribution in [3.8, 4) is 0 Å². The van der Waals surface area contributed by atoms with E-state index in [1.807, 2.05) is 0 Å². The minimum absolute atomic E-state index is 0.352. The van der Waals surface area contributed by atoms with E-state index in [4.69, 9.17) is 0 Å². The summed E-state index contributed by atoms with van der Waals surface area (Å²) in [5, 5.41) is 4.19. The van der Waals surface area contributed by atoms with E-state index in [9.17, 15) is 8.42 Å². The highest BCUT2D eigenvalue weighted by Gasteiger charge is 2.19. The van der Waals surface area contributed by atoms with Crippen LogP contribution in [-0.4, -0.2) is 68.5 Å². The number of rotatable bonds is 4. The smallest absolute Gasteiger partial charge is 0.151 e. The van der Waals surface area contributed by atoms with Crippen LogP contribution >= 0.6 is 11.8 Å². The molecule has 1 N–H and O–H groups in total. The van der Waals surface area contributed by atoms with Gasteiger partial charge < -0.3 is 10.2 Å². The molecule has 2 rings (SSSR count). The van der Waals surface area contributed by atoms with E-state index < -0.39 is 9.84 Å². The van der Waals surface area contributed by atoms with Gasteiger partial charge in [0.2, 0.25) is 0 Å². The van der Waals surface area contributed by atoms with Crippen molar-refractivity contribution in [1.82, 2.24) is 10.2 Å². The number of piperidine rings is 1. The molecule has 2 fully saturated rings. The van der Waals surface area contributed by atoms with Gasteiger partial charge in [-0.3, -0.25) is 0 Å². The lowest BCUT2D eigenvalue weighted by Crippen LogP contribution is -2.32. The lowest BCUT2D eigenvalue weighted by atomic mass is 10.2. The largest absolute Gasteiger partial charge is 0.317 e. The molecule has 0 aromatic heterocycles. The van der Waals surface area contributed by atoms with Gasteiger partial charge in [0.25, 0.3) is 0 Å². The van der Waals surface area contributed by atoms with Crippen LogP contribution in [0.3, 0.4) is 0 Å². The summed E-state index contributed by atoms with van der Waals surface area (Å²) in [7, 11) is -2.75. The van der Waals surface area contributed by atoms with E-state index in [-0.39, 0.29) is 0 Å². The second kappa shape index (κ2) is 7.12. The lowest BCUT2D eigenvalue weighted by Gasteiger charge is -2.24. The van der Waals surface area contributed by atoms with Crippen molar-refractivity contribution in [2.75, 3.05) is 50.0 Å². The molecule has 0 aromatic carbocycles. The van der Waals surface area contributed by atoms with Crippen molar-refractivity contribution in [1.29, 1.82) is 0 Å². The minimum atomic E-state index is -2.75. The predicted octanol–water partition coefficient (Wildman–Crippen LogP) is 0.592. The van der Waals surface area contributed by atoms with Crippen molar-refractivity contribution < 1.29 is 8.42 Å². The summed E-state index contributed by atoms with van der Waals surface area (Å²) < 4.78 is 23.0. The molecule has 4 nitrogen and oxygen atoms in total. The third-order valence-corrected chi connectivity index (χ3v) is 6.77. The van der Waals surface area contributed by atoms with Crippen LogP contribution < -0.4 is 5.32 Å². The molecule has 0 unspecified atom stereocenters. The molecule has 0 spiro atoms. The first kappa shape index (κ1) is 14.6. The fraction of sp³-hybridized carbons (Fsp3) is 1.00. The molecular weight excluding hydrogens is 268 g/mol. The van der Waals surface area contributed by atoms with Crippen LogP contribution in [-0.2, 0) is 9.84 Å². The van der Waals surface area contributed by atoms with E-state index in [0.717, 1.165) is 50.1 Å². The van der Waals surface area contributed by atoms with Crippen LogP contribution in [0.25, 0.3) is 0 Å². The van der Waals surface area contributed by atoms with Crippen molar-refractivity contribution >= 4 is 21.6 Å². The first-order chi connectivity index (χ1) is 8.66. The van der Waals surface area contributed by atoms with Gasteiger partial charge >= 0.3 is 0 Å². The summed E-state index contributed by atoms with van der Waals surface area (Å²) in [6.07, 6.45) is 3.36. The van der Waals surface area contributed by atoms with Gasteiger partial charge in [0.05, 0.1) is 11.5 Å². The Bertz CT molecular complexity index is 340. The third-order valence-electron chi connectivity index (χ3n) is 3.70. The summed E-state index contributed by atoms with van der Waals surface area (Å²) >= 11 is 2.07. The molecule has 18 heavy (non-hydrogen) atoms. The summed E-state index contributed by atoms with van der Waals surface area (Å²) in [4.78, 5) is 2.32. The molecule has 0 amide bonds. The fourth-order valence-corrected chi connectivity index (χ4v) is 5.10. The molecule has 0 atom stereocenters. The number of hydrogen-bond donors (Lipinski definition) is 1. The van der Waals surface area contributed by atoms with Crippen molar-refractivity contribution in [3.63, 3.8) is 0 Å². The lowest BCUT2D eigenvalue weighted by molar-refractivity contribution is 0.314. The Morgan fingerprint density at radius 3 is 2.72 bits per heavy atom. The van der Waals surface area contributed by atoms with Gasteiger partial charge in [-0.2, -0.15) is 11.8 Å². The zero-order valence-electron chi connectivity index (χ0n) is 10.9. The van der Waals surface area contributed by atoms with Crippen molar-refractivity contribution in [2.45, 2.75) is 24.5 Å². The Morgan fingerprint density at radius 1 is 1.17 bits per heavy atom. The highest BCUT2D eigenvalue weighted by molar-refractivity contribution is 7.99. The highest BCUT2D eigenvalue weighted by Crippen LogP contribution is 2.20. The number of thioether (sulfide) groups is 1. The summed E-state index contributed by atoms with van der Waals surface area (Å²) in [5.74, 6) is 1.88. The number of nitrogens with zero attached hydrogens (tertiary/aromatic N) is 1. The van der Waals surface area contributed by atoms with Crippen LogP contribution in [0.1, 0.15) is 19.3 Å². The van der Waals surface area contributed by atoms with Crippen LogP contribution in [0.2, 0.25) is 0 Å². The molecule has 0 bridgehead atoms. The predicted molar refractivity (Wildman–Crippen MR) is 78.1 cm³/mol. The zero-order valence-corrected chi connectivity index (χ0v) is 12.6. The molecule has 2 heterocycles. The quantitative estimate of drug-likeness (QED) is 0.822. The zero-order chi connectivity index (χ0) is 12.8. The second-order valence-corrected chi connectivity index (χ2v) is 8.88. The molecule has 0 aromatic rings. The molecule has 106 valence electrons. The van der Waals surface area contributed by atoms with Crippen LogP contribution in [0, 0.1) is 0 Å². The van der Waals surface area contributed by atoms with Gasteiger partial charge in [0.1, 0.15) is 0 Å². The van der Waals surface area contributed by atoms with Crippen molar-refractivity contribution in [2.24, 2.45) is 0 Å². The second-order valence-electron chi connectivity index (χ2n) is 5.17.